The van der Waals surface area contributed by atoms with E-state index in [-0.39, 0.29) is 22.9 Å². The van der Waals surface area contributed by atoms with E-state index in [9.17, 15) is 13.2 Å². The number of fused-ring (bicyclic) bond motifs is 1. The lowest BCUT2D eigenvalue weighted by atomic mass is 9.93. The zero-order valence-corrected chi connectivity index (χ0v) is 10.5. The highest BCUT2D eigenvalue weighted by atomic mass is 32.2. The van der Waals surface area contributed by atoms with Crippen LogP contribution < -0.4 is 5.32 Å². The summed E-state index contributed by atoms with van der Waals surface area (Å²) in [4.78, 5) is 18.0. The number of aromatic nitrogens is 2. The summed E-state index contributed by atoms with van der Waals surface area (Å²) in [5.41, 5.74) is 0. The van der Waals surface area contributed by atoms with E-state index >= 15 is 0 Å². The Hall–Kier alpha value is -1.41. The van der Waals surface area contributed by atoms with Crippen LogP contribution in [-0.2, 0) is 14.8 Å². The molecule has 3 rings (SSSR count). The molecular weight excluding hydrogens is 256 g/mol. The molecule has 98 valence electrons. The Kier molecular flexibility index (Phi) is 2.63. The van der Waals surface area contributed by atoms with Gasteiger partial charge in [-0.2, -0.15) is 4.31 Å². The van der Waals surface area contributed by atoms with E-state index in [1.54, 1.807) is 0 Å². The van der Waals surface area contributed by atoms with Gasteiger partial charge in [-0.25, -0.2) is 13.4 Å². The average Bonchev–Trinajstić information content (AvgIpc) is 2.99. The van der Waals surface area contributed by atoms with Gasteiger partial charge in [-0.1, -0.05) is 0 Å². The van der Waals surface area contributed by atoms with Crippen molar-refractivity contribution in [3.05, 3.63) is 12.5 Å². The minimum absolute atomic E-state index is 0.0375. The SMILES string of the molecule is O=C1NCC2C1CCCN2S(=O)(=O)c1cnc[nH]1. The number of H-pyrrole nitrogens is 1. The smallest absolute Gasteiger partial charge is 0.260 e. The topological polar surface area (TPSA) is 95.2 Å². The molecule has 0 saturated carbocycles. The molecule has 0 aromatic carbocycles. The monoisotopic (exact) mass is 270 g/mol. The Morgan fingerprint density at radius 1 is 1.44 bits per heavy atom. The summed E-state index contributed by atoms with van der Waals surface area (Å²) in [7, 11) is -3.57. The summed E-state index contributed by atoms with van der Waals surface area (Å²) in [5.74, 6) is -0.249. The highest BCUT2D eigenvalue weighted by Gasteiger charge is 2.45. The number of carbonyl (C=O) groups is 1. The van der Waals surface area contributed by atoms with E-state index in [1.807, 2.05) is 0 Å². The van der Waals surface area contributed by atoms with Gasteiger partial charge in [0.1, 0.15) is 0 Å². The van der Waals surface area contributed by atoms with Gasteiger partial charge in [0.15, 0.2) is 5.03 Å². The molecule has 0 bridgehead atoms. The first-order valence-electron chi connectivity index (χ1n) is 5.88. The number of carbonyl (C=O) groups excluding carboxylic acids is 1. The van der Waals surface area contributed by atoms with Crippen LogP contribution in [-0.4, -0.2) is 47.7 Å². The number of amides is 1. The van der Waals surface area contributed by atoms with E-state index in [4.69, 9.17) is 0 Å². The number of hydrogen-bond acceptors (Lipinski definition) is 4. The third-order valence-corrected chi connectivity index (χ3v) is 5.46. The number of nitrogens with one attached hydrogen (secondary N) is 2. The van der Waals surface area contributed by atoms with E-state index in [2.05, 4.69) is 15.3 Å². The van der Waals surface area contributed by atoms with Crippen molar-refractivity contribution in [2.75, 3.05) is 13.1 Å². The highest BCUT2D eigenvalue weighted by Crippen LogP contribution is 2.31. The van der Waals surface area contributed by atoms with Crippen LogP contribution in [0, 0.1) is 5.92 Å². The summed E-state index contributed by atoms with van der Waals surface area (Å²) >= 11 is 0. The number of aromatic amines is 1. The van der Waals surface area contributed by atoms with Crippen molar-refractivity contribution in [1.82, 2.24) is 19.6 Å². The number of rotatable bonds is 2. The van der Waals surface area contributed by atoms with Crippen molar-refractivity contribution in [2.24, 2.45) is 5.92 Å². The van der Waals surface area contributed by atoms with E-state index in [0.717, 1.165) is 6.42 Å². The van der Waals surface area contributed by atoms with Crippen molar-refractivity contribution in [2.45, 2.75) is 23.9 Å². The van der Waals surface area contributed by atoms with Crippen LogP contribution >= 0.6 is 0 Å². The average molecular weight is 270 g/mol. The van der Waals surface area contributed by atoms with Gasteiger partial charge < -0.3 is 10.3 Å². The van der Waals surface area contributed by atoms with Crippen LogP contribution in [0.15, 0.2) is 17.6 Å². The Labute approximate surface area is 105 Å². The minimum atomic E-state index is -3.57. The number of piperidine rings is 1. The molecule has 1 aromatic rings. The van der Waals surface area contributed by atoms with Gasteiger partial charge in [0.25, 0.3) is 10.0 Å². The van der Waals surface area contributed by atoms with Gasteiger partial charge >= 0.3 is 0 Å². The molecular formula is C10H14N4O3S. The molecule has 2 unspecified atom stereocenters. The predicted molar refractivity (Wildman–Crippen MR) is 62.0 cm³/mol. The van der Waals surface area contributed by atoms with Gasteiger partial charge in [-0.3, -0.25) is 4.79 Å². The van der Waals surface area contributed by atoms with Gasteiger partial charge in [0.2, 0.25) is 5.91 Å². The maximum Gasteiger partial charge on any atom is 0.260 e. The molecule has 0 aliphatic carbocycles. The first kappa shape index (κ1) is 11.7. The molecule has 2 saturated heterocycles. The van der Waals surface area contributed by atoms with Crippen molar-refractivity contribution in [3.8, 4) is 0 Å². The fourth-order valence-electron chi connectivity index (χ4n) is 2.72. The lowest BCUT2D eigenvalue weighted by Gasteiger charge is -2.34. The maximum atomic E-state index is 12.4. The zero-order valence-electron chi connectivity index (χ0n) is 9.67. The molecule has 7 nitrogen and oxygen atoms in total. The summed E-state index contributed by atoms with van der Waals surface area (Å²) in [6.45, 7) is 0.856. The predicted octanol–water partition coefficient (Wildman–Crippen LogP) is -0.691. The minimum Gasteiger partial charge on any atom is -0.354 e. The molecule has 1 aromatic heterocycles. The zero-order chi connectivity index (χ0) is 12.8. The lowest BCUT2D eigenvalue weighted by molar-refractivity contribution is -0.123. The third-order valence-electron chi connectivity index (χ3n) is 3.61. The van der Waals surface area contributed by atoms with Crippen molar-refractivity contribution < 1.29 is 13.2 Å². The second kappa shape index (κ2) is 4.06. The third kappa shape index (κ3) is 1.64. The van der Waals surface area contributed by atoms with Crippen LogP contribution in [0.2, 0.25) is 0 Å². The van der Waals surface area contributed by atoms with Gasteiger partial charge in [0.05, 0.1) is 24.5 Å². The number of nitrogens with zero attached hydrogens (tertiary/aromatic N) is 2. The van der Waals surface area contributed by atoms with Crippen LogP contribution in [0.1, 0.15) is 12.8 Å². The first-order chi connectivity index (χ1) is 8.60. The molecule has 8 heteroatoms. The van der Waals surface area contributed by atoms with Crippen LogP contribution in [0.25, 0.3) is 0 Å². The van der Waals surface area contributed by atoms with Crippen molar-refractivity contribution in [1.29, 1.82) is 0 Å². The Morgan fingerprint density at radius 3 is 3.00 bits per heavy atom. The fraction of sp³-hybridized carbons (Fsp3) is 0.600. The molecule has 2 atom stereocenters. The normalized spacial score (nSPS) is 29.0. The number of hydrogen-bond donors (Lipinski definition) is 2. The Balaban J connectivity index is 1.95. The molecule has 2 N–H and O–H groups in total. The second-order valence-corrected chi connectivity index (χ2v) is 6.45. The highest BCUT2D eigenvalue weighted by molar-refractivity contribution is 7.89. The van der Waals surface area contributed by atoms with Crippen molar-refractivity contribution >= 4 is 15.9 Å². The number of imidazole rings is 1. The van der Waals surface area contributed by atoms with Gasteiger partial charge in [-0.05, 0) is 12.8 Å². The van der Waals surface area contributed by atoms with Crippen LogP contribution in [0.5, 0.6) is 0 Å². The fourth-order valence-corrected chi connectivity index (χ4v) is 4.32. The Bertz CT molecular complexity index is 554. The molecule has 18 heavy (non-hydrogen) atoms. The molecule has 2 aliphatic rings. The van der Waals surface area contributed by atoms with Gasteiger partial charge in [-0.15, -0.1) is 0 Å². The summed E-state index contributed by atoms with van der Waals surface area (Å²) in [6.07, 6.45) is 4.10. The summed E-state index contributed by atoms with van der Waals surface area (Å²) < 4.78 is 26.2. The molecule has 0 spiro atoms. The first-order valence-corrected chi connectivity index (χ1v) is 7.32. The quantitative estimate of drug-likeness (QED) is 0.743. The van der Waals surface area contributed by atoms with Crippen molar-refractivity contribution in [3.63, 3.8) is 0 Å². The number of sulfonamides is 1. The standard InChI is InChI=1S/C10H14N4O3S/c15-10-7-2-1-3-14(8(7)4-12-10)18(16,17)9-5-11-6-13-9/h5-8H,1-4H2,(H,11,13)(H,12,15). The van der Waals surface area contributed by atoms with Crippen LogP contribution in [0.4, 0.5) is 0 Å². The van der Waals surface area contributed by atoms with E-state index in [0.29, 0.717) is 19.5 Å². The molecule has 0 radical (unpaired) electrons. The van der Waals surface area contributed by atoms with E-state index < -0.39 is 10.0 Å². The Morgan fingerprint density at radius 2 is 2.28 bits per heavy atom. The largest absolute Gasteiger partial charge is 0.354 e. The van der Waals surface area contributed by atoms with Gasteiger partial charge in [0, 0.05) is 13.1 Å². The lowest BCUT2D eigenvalue weighted by Crippen LogP contribution is -2.48. The molecule has 2 aliphatic heterocycles. The summed E-state index contributed by atoms with van der Waals surface area (Å²) in [6, 6.07) is -0.264. The second-order valence-electron chi connectivity index (χ2n) is 4.59. The molecule has 1 amide bonds. The summed E-state index contributed by atoms with van der Waals surface area (Å²) in [5, 5.41) is 2.82. The molecule has 2 fully saturated rings. The molecule has 3 heterocycles. The van der Waals surface area contributed by atoms with Crippen LogP contribution in [0.3, 0.4) is 0 Å². The maximum absolute atomic E-state index is 12.4. The van der Waals surface area contributed by atoms with E-state index in [1.165, 1.54) is 16.8 Å².